The van der Waals surface area contributed by atoms with Crippen LogP contribution in [0.1, 0.15) is 19.8 Å². The zero-order valence-electron chi connectivity index (χ0n) is 14.9. The minimum atomic E-state index is -3.66. The molecule has 0 radical (unpaired) electrons. The van der Waals surface area contributed by atoms with Crippen molar-refractivity contribution in [3.63, 3.8) is 0 Å². The second kappa shape index (κ2) is 7.81. The van der Waals surface area contributed by atoms with Crippen molar-refractivity contribution < 1.29 is 22.7 Å². The van der Waals surface area contributed by atoms with Crippen LogP contribution in [-0.4, -0.2) is 69.0 Å². The molecule has 1 unspecified atom stereocenters. The highest BCUT2D eigenvalue weighted by Gasteiger charge is 2.29. The molecule has 8 nitrogen and oxygen atoms in total. The van der Waals surface area contributed by atoms with Crippen LogP contribution >= 0.6 is 0 Å². The van der Waals surface area contributed by atoms with Gasteiger partial charge < -0.3 is 20.1 Å². The molecule has 2 heterocycles. The maximum atomic E-state index is 13.0. The summed E-state index contributed by atoms with van der Waals surface area (Å²) in [5, 5.41) is 0. The van der Waals surface area contributed by atoms with Crippen molar-refractivity contribution >= 4 is 15.9 Å². The molecule has 9 heteroatoms. The van der Waals surface area contributed by atoms with Crippen LogP contribution in [0.4, 0.5) is 0 Å². The Balaban J connectivity index is 1.73. The predicted octanol–water partition coefficient (Wildman–Crippen LogP) is 0.418. The third-order valence-corrected chi connectivity index (χ3v) is 6.35. The molecule has 1 atom stereocenters. The molecule has 1 aromatic rings. The van der Waals surface area contributed by atoms with Crippen LogP contribution in [0.5, 0.6) is 11.5 Å². The lowest BCUT2D eigenvalue weighted by Crippen LogP contribution is -2.39. The van der Waals surface area contributed by atoms with Crippen LogP contribution in [-0.2, 0) is 14.8 Å². The lowest BCUT2D eigenvalue weighted by molar-refractivity contribution is -0.131. The molecule has 0 aromatic heterocycles. The fraction of sp³-hybridized carbons (Fsp3) is 0.588. The summed E-state index contributed by atoms with van der Waals surface area (Å²) >= 11 is 0. The van der Waals surface area contributed by atoms with E-state index in [0.29, 0.717) is 50.8 Å². The number of amides is 1. The lowest BCUT2D eigenvalue weighted by Gasteiger charge is -2.23. The third-order valence-electron chi connectivity index (χ3n) is 4.46. The van der Waals surface area contributed by atoms with Gasteiger partial charge in [0.15, 0.2) is 11.5 Å². The Morgan fingerprint density at radius 3 is 2.62 bits per heavy atom. The Hall–Kier alpha value is -1.84. The molecule has 1 amide bonds. The molecule has 1 fully saturated rings. The van der Waals surface area contributed by atoms with Gasteiger partial charge in [0.2, 0.25) is 15.9 Å². The second-order valence-electron chi connectivity index (χ2n) is 6.63. The van der Waals surface area contributed by atoms with Crippen molar-refractivity contribution in [3.05, 3.63) is 18.2 Å². The number of ether oxygens (including phenoxy) is 2. The molecule has 144 valence electrons. The highest BCUT2D eigenvalue weighted by atomic mass is 32.2. The summed E-state index contributed by atoms with van der Waals surface area (Å²) in [7, 11) is -3.66. The monoisotopic (exact) mass is 383 g/mol. The Morgan fingerprint density at radius 2 is 1.88 bits per heavy atom. The van der Waals surface area contributed by atoms with E-state index in [4.69, 9.17) is 15.2 Å². The van der Waals surface area contributed by atoms with Crippen LogP contribution in [0, 0.1) is 0 Å². The van der Waals surface area contributed by atoms with Crippen molar-refractivity contribution in [2.45, 2.75) is 30.7 Å². The number of rotatable bonds is 4. The Bertz CT molecular complexity index is 766. The molecule has 1 aromatic carbocycles. The van der Waals surface area contributed by atoms with Gasteiger partial charge in [-0.25, -0.2) is 8.42 Å². The predicted molar refractivity (Wildman–Crippen MR) is 95.7 cm³/mol. The maximum absolute atomic E-state index is 13.0. The largest absolute Gasteiger partial charge is 0.486 e. The van der Waals surface area contributed by atoms with E-state index in [0.717, 1.165) is 0 Å². The van der Waals surface area contributed by atoms with E-state index < -0.39 is 10.0 Å². The number of sulfonamides is 1. The lowest BCUT2D eigenvalue weighted by atomic mass is 10.2. The van der Waals surface area contributed by atoms with E-state index in [1.165, 1.54) is 16.4 Å². The fourth-order valence-corrected chi connectivity index (χ4v) is 4.61. The molecule has 3 rings (SSSR count). The number of hydrogen-bond donors (Lipinski definition) is 1. The normalized spacial score (nSPS) is 19.7. The van der Waals surface area contributed by atoms with E-state index in [2.05, 4.69) is 0 Å². The highest BCUT2D eigenvalue weighted by molar-refractivity contribution is 7.89. The summed E-state index contributed by atoms with van der Waals surface area (Å²) in [6.07, 6.45) is 0.864. The van der Waals surface area contributed by atoms with Crippen LogP contribution in [0.3, 0.4) is 0 Å². The van der Waals surface area contributed by atoms with Gasteiger partial charge >= 0.3 is 0 Å². The van der Waals surface area contributed by atoms with Gasteiger partial charge in [-0.1, -0.05) is 0 Å². The summed E-state index contributed by atoms with van der Waals surface area (Å²) in [5.41, 5.74) is 5.69. The van der Waals surface area contributed by atoms with Gasteiger partial charge in [0, 0.05) is 44.7 Å². The number of benzene rings is 1. The molecule has 1 saturated heterocycles. The molecule has 2 N–H and O–H groups in total. The minimum absolute atomic E-state index is 0.0291. The van der Waals surface area contributed by atoms with Crippen molar-refractivity contribution in [1.29, 1.82) is 0 Å². The van der Waals surface area contributed by atoms with Crippen LogP contribution < -0.4 is 15.2 Å². The Morgan fingerprint density at radius 1 is 1.15 bits per heavy atom. The topological polar surface area (TPSA) is 102 Å². The maximum Gasteiger partial charge on any atom is 0.243 e. The molecular formula is C17H25N3O5S. The van der Waals surface area contributed by atoms with Crippen LogP contribution in [0.25, 0.3) is 0 Å². The summed E-state index contributed by atoms with van der Waals surface area (Å²) in [6.45, 7) is 4.19. The van der Waals surface area contributed by atoms with Crippen molar-refractivity contribution in [2.75, 3.05) is 39.4 Å². The standard InChI is InChI=1S/C17H25N3O5S/c1-13(18)11-17(21)19-5-2-6-20(8-7-19)26(22,23)14-3-4-15-16(12-14)25-10-9-24-15/h3-4,12-13H,2,5-11,18H2,1H3. The first-order valence-corrected chi connectivity index (χ1v) is 10.2. The van der Waals surface area contributed by atoms with Crippen molar-refractivity contribution in [1.82, 2.24) is 9.21 Å². The SMILES string of the molecule is CC(N)CC(=O)N1CCCN(S(=O)(=O)c2ccc3c(c2)OCCO3)CC1. The third kappa shape index (κ3) is 4.11. The van der Waals surface area contributed by atoms with Crippen LogP contribution in [0.15, 0.2) is 23.1 Å². The number of hydrogen-bond acceptors (Lipinski definition) is 6. The van der Waals surface area contributed by atoms with E-state index in [-0.39, 0.29) is 29.8 Å². The van der Waals surface area contributed by atoms with Gasteiger partial charge in [0.25, 0.3) is 0 Å². The average molecular weight is 383 g/mol. The number of carbonyl (C=O) groups excluding carboxylic acids is 1. The fourth-order valence-electron chi connectivity index (χ4n) is 3.12. The number of nitrogens with two attached hydrogens (primary N) is 1. The molecular weight excluding hydrogens is 358 g/mol. The zero-order valence-corrected chi connectivity index (χ0v) is 15.7. The summed E-state index contributed by atoms with van der Waals surface area (Å²) in [4.78, 5) is 14.1. The first-order valence-electron chi connectivity index (χ1n) is 8.81. The molecule has 0 bridgehead atoms. The van der Waals surface area contributed by atoms with Crippen LogP contribution in [0.2, 0.25) is 0 Å². The summed E-state index contributed by atoms with van der Waals surface area (Å²) < 4.78 is 38.3. The van der Waals surface area contributed by atoms with E-state index in [1.54, 1.807) is 17.9 Å². The van der Waals surface area contributed by atoms with E-state index in [1.807, 2.05) is 0 Å². The molecule has 0 saturated carbocycles. The van der Waals surface area contributed by atoms with Gasteiger partial charge in [-0.2, -0.15) is 4.31 Å². The number of carbonyl (C=O) groups is 1. The quantitative estimate of drug-likeness (QED) is 0.808. The minimum Gasteiger partial charge on any atom is -0.486 e. The van der Waals surface area contributed by atoms with Gasteiger partial charge in [0.05, 0.1) is 4.90 Å². The van der Waals surface area contributed by atoms with Gasteiger partial charge in [-0.3, -0.25) is 4.79 Å². The molecule has 2 aliphatic rings. The van der Waals surface area contributed by atoms with Gasteiger partial charge in [-0.05, 0) is 25.5 Å². The molecule has 26 heavy (non-hydrogen) atoms. The second-order valence-corrected chi connectivity index (χ2v) is 8.56. The Labute approximate surface area is 153 Å². The molecule has 2 aliphatic heterocycles. The van der Waals surface area contributed by atoms with Crippen molar-refractivity contribution in [3.8, 4) is 11.5 Å². The van der Waals surface area contributed by atoms with Gasteiger partial charge in [-0.15, -0.1) is 0 Å². The number of fused-ring (bicyclic) bond motifs is 1. The van der Waals surface area contributed by atoms with Gasteiger partial charge in [0.1, 0.15) is 13.2 Å². The number of nitrogens with zero attached hydrogens (tertiary/aromatic N) is 2. The highest BCUT2D eigenvalue weighted by Crippen LogP contribution is 2.33. The Kier molecular flexibility index (Phi) is 5.69. The van der Waals surface area contributed by atoms with Crippen molar-refractivity contribution in [2.24, 2.45) is 5.73 Å². The zero-order chi connectivity index (χ0) is 18.7. The smallest absolute Gasteiger partial charge is 0.243 e. The van der Waals surface area contributed by atoms with E-state index in [9.17, 15) is 13.2 Å². The molecule has 0 spiro atoms. The molecule has 0 aliphatic carbocycles. The summed E-state index contributed by atoms with van der Waals surface area (Å²) in [6, 6.07) is 4.46. The van der Waals surface area contributed by atoms with E-state index >= 15 is 0 Å². The first-order chi connectivity index (χ1) is 12.4. The first kappa shape index (κ1) is 18.9. The summed E-state index contributed by atoms with van der Waals surface area (Å²) in [5.74, 6) is 0.971. The average Bonchev–Trinajstić information content (AvgIpc) is 2.87.